The lowest BCUT2D eigenvalue weighted by Crippen LogP contribution is -2.36. The van der Waals surface area contributed by atoms with Gasteiger partial charge in [0.2, 0.25) is 0 Å². The Kier molecular flexibility index (Phi) is 8.65. The van der Waals surface area contributed by atoms with Crippen LogP contribution in [-0.2, 0) is 18.9 Å². The molecule has 0 radical (unpaired) electrons. The van der Waals surface area contributed by atoms with E-state index in [-0.39, 0.29) is 18.6 Å². The first-order chi connectivity index (χ1) is 9.12. The van der Waals surface area contributed by atoms with Gasteiger partial charge in [-0.1, -0.05) is 20.8 Å². The first kappa shape index (κ1) is 19.6. The zero-order valence-corrected chi connectivity index (χ0v) is 12.8. The molecule has 0 aromatic heterocycles. The molecule has 2 unspecified atom stereocenters. The van der Waals surface area contributed by atoms with E-state index < -0.39 is 25.4 Å². The first-order valence-corrected chi connectivity index (χ1v) is 6.56. The smallest absolute Gasteiger partial charge is 0.370 e. The van der Waals surface area contributed by atoms with Gasteiger partial charge in [-0.3, -0.25) is 0 Å². The van der Waals surface area contributed by atoms with Gasteiger partial charge in [0.25, 0.3) is 0 Å². The fraction of sp³-hybridized carbons (Fsp3) is 1.00. The Bertz CT molecular complexity index is 256. The van der Waals surface area contributed by atoms with E-state index in [0.717, 1.165) is 6.42 Å². The Morgan fingerprint density at radius 3 is 2.15 bits per heavy atom. The molecule has 0 fully saturated rings. The van der Waals surface area contributed by atoms with Crippen molar-refractivity contribution in [2.24, 2.45) is 5.41 Å². The summed E-state index contributed by atoms with van der Waals surface area (Å²) in [5.41, 5.74) is -0.181. The van der Waals surface area contributed by atoms with Crippen LogP contribution in [0.4, 0.5) is 13.2 Å². The van der Waals surface area contributed by atoms with Crippen LogP contribution in [-0.4, -0.2) is 45.7 Å². The predicted molar refractivity (Wildman–Crippen MR) is 68.2 cm³/mol. The Labute approximate surface area is 118 Å². The molecule has 122 valence electrons. The number of halogens is 3. The molecule has 0 rings (SSSR count). The molecule has 2 atom stereocenters. The molecule has 0 saturated heterocycles. The van der Waals surface area contributed by atoms with Gasteiger partial charge >= 0.3 is 6.18 Å². The summed E-state index contributed by atoms with van der Waals surface area (Å²) in [5.74, 6) is 0. The van der Waals surface area contributed by atoms with Crippen LogP contribution in [0.15, 0.2) is 0 Å². The van der Waals surface area contributed by atoms with Crippen LogP contribution >= 0.6 is 0 Å². The van der Waals surface area contributed by atoms with E-state index in [1.807, 2.05) is 20.8 Å². The van der Waals surface area contributed by atoms with Gasteiger partial charge in [-0.15, -0.1) is 0 Å². The number of hydrogen-bond acceptors (Lipinski definition) is 4. The highest BCUT2D eigenvalue weighted by Gasteiger charge is 2.30. The standard InChI is InChI=1S/C13H25F3O4/c1-6-12(3,4)11(17-5)20-10(2)19-8-7-18-9-13(14,15)16/h10-11H,6-9H2,1-5H3. The summed E-state index contributed by atoms with van der Waals surface area (Å²) < 4.78 is 56.0. The van der Waals surface area contributed by atoms with E-state index in [9.17, 15) is 13.2 Å². The van der Waals surface area contributed by atoms with E-state index in [1.54, 1.807) is 14.0 Å². The van der Waals surface area contributed by atoms with Crippen LogP contribution in [0.3, 0.4) is 0 Å². The average molecular weight is 302 g/mol. The SMILES string of the molecule is CCC(C)(C)C(OC)OC(C)OCCOCC(F)(F)F. The summed E-state index contributed by atoms with van der Waals surface area (Å²) in [7, 11) is 1.54. The van der Waals surface area contributed by atoms with Gasteiger partial charge in [0.1, 0.15) is 6.61 Å². The third-order valence-corrected chi connectivity index (χ3v) is 2.92. The minimum atomic E-state index is -4.31. The molecule has 0 N–H and O–H groups in total. The highest BCUT2D eigenvalue weighted by molar-refractivity contribution is 4.70. The topological polar surface area (TPSA) is 36.9 Å². The first-order valence-electron chi connectivity index (χ1n) is 6.56. The monoisotopic (exact) mass is 302 g/mol. The average Bonchev–Trinajstić information content (AvgIpc) is 2.33. The van der Waals surface area contributed by atoms with Gasteiger partial charge in [0.15, 0.2) is 12.6 Å². The van der Waals surface area contributed by atoms with Gasteiger partial charge in [-0.05, 0) is 13.3 Å². The minimum Gasteiger partial charge on any atom is -0.370 e. The molecule has 0 bridgehead atoms. The molecular weight excluding hydrogens is 277 g/mol. The van der Waals surface area contributed by atoms with Crippen LogP contribution in [0.5, 0.6) is 0 Å². The lowest BCUT2D eigenvalue weighted by Gasteiger charge is -2.33. The second-order valence-corrected chi connectivity index (χ2v) is 5.15. The minimum absolute atomic E-state index is 0.0280. The van der Waals surface area contributed by atoms with Gasteiger partial charge in [0, 0.05) is 12.5 Å². The molecule has 0 amide bonds. The maximum atomic E-state index is 11.8. The van der Waals surface area contributed by atoms with Crippen LogP contribution in [0.1, 0.15) is 34.1 Å². The van der Waals surface area contributed by atoms with Crippen LogP contribution < -0.4 is 0 Å². The fourth-order valence-electron chi connectivity index (χ4n) is 1.40. The second kappa shape index (κ2) is 8.81. The summed E-state index contributed by atoms with van der Waals surface area (Å²) in [6.07, 6.45) is -4.49. The Morgan fingerprint density at radius 1 is 1.10 bits per heavy atom. The summed E-state index contributed by atoms with van der Waals surface area (Å²) in [5, 5.41) is 0. The summed E-state index contributed by atoms with van der Waals surface area (Å²) in [4.78, 5) is 0. The van der Waals surface area contributed by atoms with Crippen LogP contribution in [0, 0.1) is 5.41 Å². The van der Waals surface area contributed by atoms with Crippen molar-refractivity contribution in [3.8, 4) is 0 Å². The van der Waals surface area contributed by atoms with Gasteiger partial charge < -0.3 is 18.9 Å². The highest BCUT2D eigenvalue weighted by Crippen LogP contribution is 2.28. The van der Waals surface area contributed by atoms with Crippen molar-refractivity contribution in [1.29, 1.82) is 0 Å². The van der Waals surface area contributed by atoms with Gasteiger partial charge in [-0.25, -0.2) is 0 Å². The van der Waals surface area contributed by atoms with E-state index >= 15 is 0 Å². The van der Waals surface area contributed by atoms with Gasteiger partial charge in [-0.2, -0.15) is 13.2 Å². The molecule has 0 aliphatic heterocycles. The summed E-state index contributed by atoms with van der Waals surface area (Å²) >= 11 is 0. The molecule has 0 heterocycles. The lowest BCUT2D eigenvalue weighted by molar-refractivity contribution is -0.268. The second-order valence-electron chi connectivity index (χ2n) is 5.15. The number of hydrogen-bond donors (Lipinski definition) is 0. The zero-order chi connectivity index (χ0) is 15.8. The molecule has 0 aliphatic carbocycles. The largest absolute Gasteiger partial charge is 0.411 e. The zero-order valence-electron chi connectivity index (χ0n) is 12.8. The van der Waals surface area contributed by atoms with Crippen molar-refractivity contribution in [2.75, 3.05) is 26.9 Å². The molecule has 0 spiro atoms. The van der Waals surface area contributed by atoms with E-state index in [0.29, 0.717) is 0 Å². The molecule has 0 aromatic rings. The normalized spacial score (nSPS) is 16.2. The number of methoxy groups -OCH3 is 1. The molecule has 20 heavy (non-hydrogen) atoms. The molecular formula is C13H25F3O4. The maximum Gasteiger partial charge on any atom is 0.411 e. The van der Waals surface area contributed by atoms with E-state index in [2.05, 4.69) is 4.74 Å². The molecule has 0 saturated carbocycles. The number of rotatable bonds is 10. The fourth-order valence-corrected chi connectivity index (χ4v) is 1.40. The van der Waals surface area contributed by atoms with Crippen molar-refractivity contribution < 1.29 is 32.1 Å². The number of alkyl halides is 3. The molecule has 4 nitrogen and oxygen atoms in total. The van der Waals surface area contributed by atoms with Crippen LogP contribution in [0.25, 0.3) is 0 Å². The van der Waals surface area contributed by atoms with E-state index in [1.165, 1.54) is 0 Å². The third kappa shape index (κ3) is 8.73. The highest BCUT2D eigenvalue weighted by atomic mass is 19.4. The molecule has 7 heteroatoms. The van der Waals surface area contributed by atoms with E-state index in [4.69, 9.17) is 14.2 Å². The molecule has 0 aromatic carbocycles. The lowest BCUT2D eigenvalue weighted by atomic mass is 9.89. The third-order valence-electron chi connectivity index (χ3n) is 2.92. The predicted octanol–water partition coefficient (Wildman–Crippen LogP) is 3.35. The Hall–Kier alpha value is -0.370. The number of ether oxygens (including phenoxy) is 4. The Balaban J connectivity index is 3.90. The molecule has 0 aliphatic rings. The van der Waals surface area contributed by atoms with Crippen molar-refractivity contribution >= 4 is 0 Å². The van der Waals surface area contributed by atoms with Crippen molar-refractivity contribution in [3.05, 3.63) is 0 Å². The summed E-state index contributed by atoms with van der Waals surface area (Å²) in [6, 6.07) is 0. The maximum absolute atomic E-state index is 11.8. The van der Waals surface area contributed by atoms with Crippen molar-refractivity contribution in [2.45, 2.75) is 52.9 Å². The van der Waals surface area contributed by atoms with Gasteiger partial charge in [0.05, 0.1) is 13.2 Å². The van der Waals surface area contributed by atoms with Crippen molar-refractivity contribution in [1.82, 2.24) is 0 Å². The van der Waals surface area contributed by atoms with Crippen LogP contribution in [0.2, 0.25) is 0 Å². The Morgan fingerprint density at radius 2 is 1.70 bits per heavy atom. The summed E-state index contributed by atoms with van der Waals surface area (Å²) in [6.45, 7) is 6.31. The quantitative estimate of drug-likeness (QED) is 0.458. The van der Waals surface area contributed by atoms with Crippen molar-refractivity contribution in [3.63, 3.8) is 0 Å².